The maximum atomic E-state index is 11.6. The molecule has 3 N–H and O–H groups in total. The molecule has 0 aliphatic carbocycles. The first kappa shape index (κ1) is 13.5. The topological polar surface area (TPSA) is 86.6 Å². The van der Waals surface area contributed by atoms with Crippen LogP contribution < -0.4 is 5.32 Å². The van der Waals surface area contributed by atoms with E-state index >= 15 is 0 Å². The fourth-order valence-electron chi connectivity index (χ4n) is 1.16. The number of hydrogen-bond donors (Lipinski definition) is 3. The minimum absolute atomic E-state index is 0.250. The van der Waals surface area contributed by atoms with Crippen LogP contribution in [0.3, 0.4) is 0 Å². The Labute approximate surface area is 103 Å². The predicted molar refractivity (Wildman–Crippen MR) is 62.2 cm³/mol. The summed E-state index contributed by atoms with van der Waals surface area (Å²) in [6.07, 6.45) is 0. The van der Waals surface area contributed by atoms with E-state index in [1.807, 2.05) is 0 Å². The largest absolute Gasteiger partial charge is 0.480 e. The van der Waals surface area contributed by atoms with Gasteiger partial charge in [-0.15, -0.1) is 0 Å². The Morgan fingerprint density at radius 3 is 2.59 bits per heavy atom. The van der Waals surface area contributed by atoms with E-state index in [4.69, 9.17) is 21.8 Å². The van der Waals surface area contributed by atoms with Gasteiger partial charge < -0.3 is 15.5 Å². The number of halogens is 1. The Hall–Kier alpha value is -1.59. The average molecular weight is 258 g/mol. The minimum atomic E-state index is -1.32. The van der Waals surface area contributed by atoms with Crippen LogP contribution in [0.2, 0.25) is 5.02 Å². The van der Waals surface area contributed by atoms with E-state index in [0.717, 1.165) is 5.56 Å². The third kappa shape index (κ3) is 3.44. The predicted octanol–water partition coefficient (Wildman–Crippen LogP) is 0.824. The molecule has 0 spiro atoms. The molecule has 0 bridgehead atoms. The molecule has 6 heteroatoms. The Morgan fingerprint density at radius 2 is 2.12 bits per heavy atom. The lowest BCUT2D eigenvalue weighted by atomic mass is 10.1. The van der Waals surface area contributed by atoms with Gasteiger partial charge in [0.1, 0.15) is 0 Å². The summed E-state index contributed by atoms with van der Waals surface area (Å²) in [6, 6.07) is 3.32. The van der Waals surface area contributed by atoms with Crippen LogP contribution in [0.5, 0.6) is 0 Å². The number of aliphatic hydroxyl groups excluding tert-OH is 1. The second-order valence-electron chi connectivity index (χ2n) is 3.51. The Balaban J connectivity index is 2.82. The molecular weight excluding hydrogens is 246 g/mol. The highest BCUT2D eigenvalue weighted by Crippen LogP contribution is 2.16. The highest BCUT2D eigenvalue weighted by molar-refractivity contribution is 6.31. The van der Waals surface area contributed by atoms with Crippen LogP contribution in [0.4, 0.5) is 0 Å². The molecule has 0 aromatic heterocycles. The number of aliphatic carboxylic acids is 1. The van der Waals surface area contributed by atoms with Gasteiger partial charge in [0.05, 0.1) is 6.61 Å². The quantitative estimate of drug-likeness (QED) is 0.745. The normalized spacial score (nSPS) is 11.9. The van der Waals surface area contributed by atoms with Crippen molar-refractivity contribution >= 4 is 23.5 Å². The van der Waals surface area contributed by atoms with Crippen molar-refractivity contribution in [3.63, 3.8) is 0 Å². The van der Waals surface area contributed by atoms with Crippen molar-refractivity contribution in [2.75, 3.05) is 6.61 Å². The lowest BCUT2D eigenvalue weighted by Crippen LogP contribution is -2.43. The summed E-state index contributed by atoms with van der Waals surface area (Å²) in [5, 5.41) is 20.0. The zero-order valence-corrected chi connectivity index (χ0v) is 9.86. The second-order valence-corrected chi connectivity index (χ2v) is 3.92. The molecule has 1 rings (SSSR count). The van der Waals surface area contributed by atoms with E-state index in [0.29, 0.717) is 5.02 Å². The standard InChI is InChI=1S/C11H12ClNO4/c1-6-2-3-7(4-8(6)12)10(15)13-9(5-14)11(16)17/h2-4,9,14H,5H2,1H3,(H,13,15)(H,16,17)/t9-/m0/s1. The van der Waals surface area contributed by atoms with Crippen molar-refractivity contribution in [1.82, 2.24) is 5.32 Å². The van der Waals surface area contributed by atoms with Gasteiger partial charge in [-0.1, -0.05) is 17.7 Å². The van der Waals surface area contributed by atoms with Gasteiger partial charge in [-0.05, 0) is 24.6 Å². The smallest absolute Gasteiger partial charge is 0.328 e. The van der Waals surface area contributed by atoms with E-state index in [9.17, 15) is 9.59 Å². The summed E-state index contributed by atoms with van der Waals surface area (Å²) >= 11 is 5.85. The number of benzene rings is 1. The Morgan fingerprint density at radius 1 is 1.47 bits per heavy atom. The number of nitrogens with one attached hydrogen (secondary N) is 1. The summed E-state index contributed by atoms with van der Waals surface area (Å²) in [7, 11) is 0. The molecule has 0 unspecified atom stereocenters. The number of amides is 1. The summed E-state index contributed by atoms with van der Waals surface area (Å²) in [4.78, 5) is 22.3. The summed E-state index contributed by atoms with van der Waals surface area (Å²) in [6.45, 7) is 1.12. The first-order chi connectivity index (χ1) is 7.95. The number of aliphatic hydroxyl groups is 1. The number of carboxylic acids is 1. The number of carbonyl (C=O) groups excluding carboxylic acids is 1. The maximum Gasteiger partial charge on any atom is 0.328 e. The van der Waals surface area contributed by atoms with Gasteiger partial charge >= 0.3 is 5.97 Å². The molecule has 1 amide bonds. The second kappa shape index (κ2) is 5.65. The van der Waals surface area contributed by atoms with Crippen molar-refractivity contribution in [1.29, 1.82) is 0 Å². The third-order valence-corrected chi connectivity index (χ3v) is 2.63. The molecule has 0 saturated carbocycles. The van der Waals surface area contributed by atoms with E-state index in [2.05, 4.69) is 5.32 Å². The van der Waals surface area contributed by atoms with Gasteiger partial charge in [-0.2, -0.15) is 0 Å². The number of rotatable bonds is 4. The van der Waals surface area contributed by atoms with Crippen molar-refractivity contribution < 1.29 is 19.8 Å². The van der Waals surface area contributed by atoms with Crippen LogP contribution >= 0.6 is 11.6 Å². The summed E-state index contributed by atoms with van der Waals surface area (Å²) in [5.74, 6) is -1.88. The fraction of sp³-hybridized carbons (Fsp3) is 0.273. The van der Waals surface area contributed by atoms with E-state index in [1.54, 1.807) is 13.0 Å². The zero-order valence-electron chi connectivity index (χ0n) is 9.11. The highest BCUT2D eigenvalue weighted by atomic mass is 35.5. The Kier molecular flexibility index (Phi) is 4.48. The molecule has 92 valence electrons. The van der Waals surface area contributed by atoms with Crippen LogP contribution in [-0.4, -0.2) is 34.7 Å². The van der Waals surface area contributed by atoms with Crippen LogP contribution in [0.25, 0.3) is 0 Å². The number of aryl methyl sites for hydroxylation is 1. The Bertz CT molecular complexity index is 447. The van der Waals surface area contributed by atoms with E-state index in [1.165, 1.54) is 12.1 Å². The average Bonchev–Trinajstić information content (AvgIpc) is 2.28. The molecule has 0 fully saturated rings. The van der Waals surface area contributed by atoms with Crippen molar-refractivity contribution in [3.05, 3.63) is 34.3 Å². The monoisotopic (exact) mass is 257 g/mol. The van der Waals surface area contributed by atoms with Gasteiger partial charge in [-0.25, -0.2) is 4.79 Å². The molecule has 1 aromatic carbocycles. The van der Waals surface area contributed by atoms with Gasteiger partial charge in [0.25, 0.3) is 5.91 Å². The van der Waals surface area contributed by atoms with Crippen LogP contribution in [0.15, 0.2) is 18.2 Å². The first-order valence-electron chi connectivity index (χ1n) is 4.86. The highest BCUT2D eigenvalue weighted by Gasteiger charge is 2.19. The third-order valence-electron chi connectivity index (χ3n) is 2.22. The molecule has 5 nitrogen and oxygen atoms in total. The van der Waals surface area contributed by atoms with Crippen LogP contribution in [0, 0.1) is 6.92 Å². The number of carboxylic acid groups (broad SMARTS) is 1. The van der Waals surface area contributed by atoms with E-state index in [-0.39, 0.29) is 5.56 Å². The van der Waals surface area contributed by atoms with Gasteiger partial charge in [0, 0.05) is 10.6 Å². The summed E-state index contributed by atoms with van der Waals surface area (Å²) in [5.41, 5.74) is 1.07. The minimum Gasteiger partial charge on any atom is -0.480 e. The lowest BCUT2D eigenvalue weighted by molar-refractivity contribution is -0.140. The maximum absolute atomic E-state index is 11.6. The van der Waals surface area contributed by atoms with Gasteiger partial charge in [0.2, 0.25) is 0 Å². The van der Waals surface area contributed by atoms with Crippen molar-refractivity contribution in [2.45, 2.75) is 13.0 Å². The van der Waals surface area contributed by atoms with Crippen molar-refractivity contribution in [2.24, 2.45) is 0 Å². The van der Waals surface area contributed by atoms with E-state index < -0.39 is 24.5 Å². The van der Waals surface area contributed by atoms with Crippen molar-refractivity contribution in [3.8, 4) is 0 Å². The van der Waals surface area contributed by atoms with Gasteiger partial charge in [0.15, 0.2) is 6.04 Å². The fourth-order valence-corrected chi connectivity index (χ4v) is 1.34. The molecular formula is C11H12ClNO4. The molecule has 0 heterocycles. The molecule has 1 aromatic rings. The SMILES string of the molecule is Cc1ccc(C(=O)N[C@@H](CO)C(=O)O)cc1Cl. The molecule has 0 aliphatic heterocycles. The molecule has 17 heavy (non-hydrogen) atoms. The zero-order chi connectivity index (χ0) is 13.0. The number of hydrogen-bond acceptors (Lipinski definition) is 3. The molecule has 1 atom stereocenters. The lowest BCUT2D eigenvalue weighted by Gasteiger charge is -2.11. The number of carbonyl (C=O) groups is 2. The van der Waals surface area contributed by atoms with Crippen LogP contribution in [-0.2, 0) is 4.79 Å². The molecule has 0 saturated heterocycles. The summed E-state index contributed by atoms with van der Waals surface area (Å²) < 4.78 is 0. The van der Waals surface area contributed by atoms with Gasteiger partial charge in [-0.3, -0.25) is 4.79 Å². The molecule has 0 radical (unpaired) electrons. The first-order valence-corrected chi connectivity index (χ1v) is 5.24. The molecule has 0 aliphatic rings. The van der Waals surface area contributed by atoms with Crippen LogP contribution in [0.1, 0.15) is 15.9 Å².